The van der Waals surface area contributed by atoms with Crippen molar-refractivity contribution in [2.75, 3.05) is 19.6 Å². The van der Waals surface area contributed by atoms with Gasteiger partial charge in [0.05, 0.1) is 6.54 Å². The molecule has 104 valence electrons. The molecule has 0 unspecified atom stereocenters. The molecule has 1 aromatic rings. The summed E-state index contributed by atoms with van der Waals surface area (Å²) in [6, 6.07) is 8.13. The van der Waals surface area contributed by atoms with Gasteiger partial charge in [0.25, 0.3) is 0 Å². The van der Waals surface area contributed by atoms with Crippen LogP contribution in [-0.4, -0.2) is 30.3 Å². The van der Waals surface area contributed by atoms with E-state index >= 15 is 0 Å². The number of benzene rings is 1. The summed E-state index contributed by atoms with van der Waals surface area (Å²) in [7, 11) is 0. The average molecular weight is 259 g/mol. The number of ketones is 1. The highest BCUT2D eigenvalue weighted by Gasteiger charge is 2.17. The Bertz CT molecular complexity index is 422. The summed E-state index contributed by atoms with van der Waals surface area (Å²) in [4.78, 5) is 14.5. The van der Waals surface area contributed by atoms with E-state index in [9.17, 15) is 4.79 Å². The third kappa shape index (κ3) is 3.90. The second kappa shape index (κ2) is 5.87. The maximum Gasteiger partial charge on any atom is 0.176 e. The highest BCUT2D eigenvalue weighted by Crippen LogP contribution is 2.22. The van der Waals surface area contributed by atoms with Gasteiger partial charge in [0.1, 0.15) is 0 Å². The van der Waals surface area contributed by atoms with Crippen molar-refractivity contribution in [2.45, 2.75) is 45.4 Å². The maximum absolute atomic E-state index is 12.2. The lowest BCUT2D eigenvalue weighted by Gasteiger charge is -2.25. The molecule has 0 amide bonds. The quantitative estimate of drug-likeness (QED) is 0.772. The molecule has 2 nitrogen and oxygen atoms in total. The van der Waals surface area contributed by atoms with Gasteiger partial charge in [-0.3, -0.25) is 9.69 Å². The maximum atomic E-state index is 12.2. The summed E-state index contributed by atoms with van der Waals surface area (Å²) in [5, 5.41) is 0. The van der Waals surface area contributed by atoms with E-state index in [1.807, 2.05) is 12.1 Å². The van der Waals surface area contributed by atoms with E-state index in [-0.39, 0.29) is 11.2 Å². The van der Waals surface area contributed by atoms with Gasteiger partial charge in [-0.25, -0.2) is 0 Å². The van der Waals surface area contributed by atoms with E-state index < -0.39 is 0 Å². The molecule has 2 rings (SSSR count). The first-order valence-corrected chi connectivity index (χ1v) is 7.33. The fraction of sp³-hybridized carbons (Fsp3) is 0.588. The predicted octanol–water partition coefficient (Wildman–Crippen LogP) is 3.65. The molecule has 0 aromatic heterocycles. The van der Waals surface area contributed by atoms with Crippen molar-refractivity contribution in [1.82, 2.24) is 4.90 Å². The van der Waals surface area contributed by atoms with Crippen LogP contribution in [-0.2, 0) is 5.41 Å². The van der Waals surface area contributed by atoms with Gasteiger partial charge in [0.2, 0.25) is 0 Å². The molecule has 0 N–H and O–H groups in total. The van der Waals surface area contributed by atoms with Crippen LogP contribution in [0.2, 0.25) is 0 Å². The molecule has 1 heterocycles. The molecule has 1 aliphatic rings. The van der Waals surface area contributed by atoms with E-state index in [0.29, 0.717) is 6.54 Å². The molecular formula is C17H25NO. The molecule has 2 heteroatoms. The Hall–Kier alpha value is -1.15. The Morgan fingerprint density at radius 3 is 2.16 bits per heavy atom. The Kier molecular flexibility index (Phi) is 4.41. The zero-order valence-electron chi connectivity index (χ0n) is 12.4. The van der Waals surface area contributed by atoms with Crippen LogP contribution in [0.1, 0.15) is 56.0 Å². The molecule has 1 aromatic carbocycles. The van der Waals surface area contributed by atoms with Gasteiger partial charge in [-0.15, -0.1) is 0 Å². The monoisotopic (exact) mass is 259 g/mol. The predicted molar refractivity (Wildman–Crippen MR) is 79.8 cm³/mol. The summed E-state index contributed by atoms with van der Waals surface area (Å²) in [5.41, 5.74) is 2.27. The van der Waals surface area contributed by atoms with Crippen LogP contribution >= 0.6 is 0 Å². The van der Waals surface area contributed by atoms with Crippen molar-refractivity contribution >= 4 is 5.78 Å². The number of hydrogen-bond donors (Lipinski definition) is 0. The lowest BCUT2D eigenvalue weighted by Crippen LogP contribution is -2.34. The van der Waals surface area contributed by atoms with Crippen LogP contribution in [0.4, 0.5) is 0 Å². The Morgan fingerprint density at radius 2 is 1.63 bits per heavy atom. The first kappa shape index (κ1) is 14.3. The number of rotatable bonds is 3. The van der Waals surface area contributed by atoms with E-state index in [0.717, 1.165) is 18.7 Å². The van der Waals surface area contributed by atoms with Crippen molar-refractivity contribution in [3.05, 3.63) is 35.4 Å². The summed E-state index contributed by atoms with van der Waals surface area (Å²) >= 11 is 0. The molecule has 0 atom stereocenters. The fourth-order valence-corrected chi connectivity index (χ4v) is 2.57. The fourth-order valence-electron chi connectivity index (χ4n) is 2.57. The summed E-state index contributed by atoms with van der Waals surface area (Å²) in [5.74, 6) is 0.252. The third-order valence-corrected chi connectivity index (χ3v) is 3.89. The van der Waals surface area contributed by atoms with E-state index in [1.54, 1.807) is 0 Å². The third-order valence-electron chi connectivity index (χ3n) is 3.89. The van der Waals surface area contributed by atoms with Crippen LogP contribution in [0, 0.1) is 0 Å². The standard InChI is InChI=1S/C17H25NO/c1-17(2,3)15-9-7-14(8-10-15)16(19)13-18-11-5-4-6-12-18/h7-10H,4-6,11-13H2,1-3H3. The molecule has 0 spiro atoms. The number of carbonyl (C=O) groups excluding carboxylic acids is 1. The molecule has 0 aliphatic carbocycles. The molecule has 1 fully saturated rings. The lowest BCUT2D eigenvalue weighted by atomic mass is 9.86. The number of hydrogen-bond acceptors (Lipinski definition) is 2. The van der Waals surface area contributed by atoms with E-state index in [4.69, 9.17) is 0 Å². The van der Waals surface area contributed by atoms with Gasteiger partial charge < -0.3 is 0 Å². The number of Topliss-reactive ketones (excluding diaryl/α,β-unsaturated/α-hetero) is 1. The zero-order valence-corrected chi connectivity index (χ0v) is 12.4. The lowest BCUT2D eigenvalue weighted by molar-refractivity contribution is 0.0915. The number of piperidine rings is 1. The van der Waals surface area contributed by atoms with Crippen LogP contribution < -0.4 is 0 Å². The van der Waals surface area contributed by atoms with Gasteiger partial charge in [-0.05, 0) is 36.9 Å². The molecule has 0 bridgehead atoms. The highest BCUT2D eigenvalue weighted by molar-refractivity contribution is 5.97. The average Bonchev–Trinajstić information content (AvgIpc) is 2.39. The van der Waals surface area contributed by atoms with Crippen LogP contribution in [0.5, 0.6) is 0 Å². The van der Waals surface area contributed by atoms with E-state index in [1.165, 1.54) is 24.8 Å². The van der Waals surface area contributed by atoms with Crippen molar-refractivity contribution in [2.24, 2.45) is 0 Å². The molecular weight excluding hydrogens is 234 g/mol. The number of likely N-dealkylation sites (tertiary alicyclic amines) is 1. The van der Waals surface area contributed by atoms with Crippen molar-refractivity contribution in [3.63, 3.8) is 0 Å². The number of nitrogens with zero attached hydrogens (tertiary/aromatic N) is 1. The minimum absolute atomic E-state index is 0.147. The topological polar surface area (TPSA) is 20.3 Å². The molecule has 19 heavy (non-hydrogen) atoms. The van der Waals surface area contributed by atoms with Crippen LogP contribution in [0.15, 0.2) is 24.3 Å². The second-order valence-corrected chi connectivity index (χ2v) is 6.59. The van der Waals surface area contributed by atoms with Gasteiger partial charge in [0.15, 0.2) is 5.78 Å². The van der Waals surface area contributed by atoms with Gasteiger partial charge in [0, 0.05) is 5.56 Å². The Balaban J connectivity index is 1.99. The number of carbonyl (C=O) groups is 1. The van der Waals surface area contributed by atoms with Crippen molar-refractivity contribution < 1.29 is 4.79 Å². The zero-order chi connectivity index (χ0) is 13.9. The normalized spacial score (nSPS) is 17.4. The van der Waals surface area contributed by atoms with Crippen LogP contribution in [0.25, 0.3) is 0 Å². The van der Waals surface area contributed by atoms with E-state index in [2.05, 4.69) is 37.8 Å². The molecule has 1 saturated heterocycles. The first-order chi connectivity index (χ1) is 8.97. The van der Waals surface area contributed by atoms with Gasteiger partial charge in [-0.2, -0.15) is 0 Å². The second-order valence-electron chi connectivity index (χ2n) is 6.59. The molecule has 0 radical (unpaired) electrons. The Morgan fingerprint density at radius 1 is 1.05 bits per heavy atom. The summed E-state index contributed by atoms with van der Waals surface area (Å²) < 4.78 is 0. The summed E-state index contributed by atoms with van der Waals surface area (Å²) in [6.45, 7) is 9.30. The minimum atomic E-state index is 0.147. The SMILES string of the molecule is CC(C)(C)c1ccc(C(=O)CN2CCCCC2)cc1. The largest absolute Gasteiger partial charge is 0.296 e. The molecule has 0 saturated carbocycles. The van der Waals surface area contributed by atoms with Crippen molar-refractivity contribution in [3.8, 4) is 0 Å². The minimum Gasteiger partial charge on any atom is -0.296 e. The summed E-state index contributed by atoms with van der Waals surface area (Å²) in [6.07, 6.45) is 3.78. The first-order valence-electron chi connectivity index (χ1n) is 7.33. The Labute approximate surface area is 116 Å². The van der Waals surface area contributed by atoms with Crippen LogP contribution in [0.3, 0.4) is 0 Å². The highest BCUT2D eigenvalue weighted by atomic mass is 16.1. The van der Waals surface area contributed by atoms with Gasteiger partial charge in [-0.1, -0.05) is 51.5 Å². The van der Waals surface area contributed by atoms with Gasteiger partial charge >= 0.3 is 0 Å². The van der Waals surface area contributed by atoms with Crippen molar-refractivity contribution in [1.29, 1.82) is 0 Å². The smallest absolute Gasteiger partial charge is 0.176 e. The molecule has 1 aliphatic heterocycles.